The highest BCUT2D eigenvalue weighted by atomic mass is 35.5. The summed E-state index contributed by atoms with van der Waals surface area (Å²) in [6.45, 7) is -0.108. The molecule has 0 bridgehead atoms. The summed E-state index contributed by atoms with van der Waals surface area (Å²) in [6, 6.07) is 24.8. The van der Waals surface area contributed by atoms with E-state index < -0.39 is 0 Å². The lowest BCUT2D eigenvalue weighted by atomic mass is 10.1. The fraction of sp³-hybridized carbons (Fsp3) is 0.0476. The van der Waals surface area contributed by atoms with Gasteiger partial charge in [-0.3, -0.25) is 4.79 Å². The van der Waals surface area contributed by atoms with Gasteiger partial charge < -0.3 is 4.74 Å². The Morgan fingerprint density at radius 1 is 0.923 bits per heavy atom. The van der Waals surface area contributed by atoms with E-state index in [4.69, 9.17) is 16.3 Å². The fourth-order valence-electron chi connectivity index (χ4n) is 2.28. The third-order valence-corrected chi connectivity index (χ3v) is 3.86. The number of carbonyl (C=O) groups is 1. The predicted octanol–water partition coefficient (Wildman–Crippen LogP) is 4.54. The van der Waals surface area contributed by atoms with Crippen LogP contribution in [0, 0.1) is 0 Å². The van der Waals surface area contributed by atoms with Gasteiger partial charge in [0.05, 0.1) is 6.21 Å². The van der Waals surface area contributed by atoms with Gasteiger partial charge in [0.15, 0.2) is 6.61 Å². The van der Waals surface area contributed by atoms with Gasteiger partial charge in [-0.25, -0.2) is 5.43 Å². The molecule has 26 heavy (non-hydrogen) atoms. The number of amides is 1. The molecule has 0 spiro atoms. The summed E-state index contributed by atoms with van der Waals surface area (Å²) in [5.74, 6) is 0.295. The number of hydrazone groups is 1. The van der Waals surface area contributed by atoms with Crippen LogP contribution in [0.3, 0.4) is 0 Å². The number of ether oxygens (including phenoxy) is 1. The second-order valence-corrected chi connectivity index (χ2v) is 5.96. The van der Waals surface area contributed by atoms with Gasteiger partial charge in [-0.2, -0.15) is 5.10 Å². The lowest BCUT2D eigenvalue weighted by Gasteiger charge is -2.06. The Bertz CT molecular complexity index is 876. The molecule has 0 heterocycles. The van der Waals surface area contributed by atoms with E-state index in [1.165, 1.54) is 0 Å². The molecule has 5 heteroatoms. The van der Waals surface area contributed by atoms with Gasteiger partial charge in [-0.05, 0) is 41.0 Å². The molecule has 0 aliphatic carbocycles. The van der Waals surface area contributed by atoms with E-state index in [0.29, 0.717) is 10.8 Å². The third kappa shape index (κ3) is 5.19. The van der Waals surface area contributed by atoms with E-state index in [2.05, 4.69) is 10.5 Å². The average molecular weight is 365 g/mol. The quantitative estimate of drug-likeness (QED) is 0.516. The zero-order chi connectivity index (χ0) is 18.2. The van der Waals surface area contributed by atoms with Gasteiger partial charge in [0.25, 0.3) is 5.91 Å². The van der Waals surface area contributed by atoms with Crippen LogP contribution in [0.1, 0.15) is 5.56 Å². The Kier molecular flexibility index (Phi) is 6.01. The van der Waals surface area contributed by atoms with Gasteiger partial charge in [-0.15, -0.1) is 0 Å². The zero-order valence-corrected chi connectivity index (χ0v) is 14.7. The van der Waals surface area contributed by atoms with E-state index in [1.807, 2.05) is 66.7 Å². The van der Waals surface area contributed by atoms with Crippen LogP contribution in [0.25, 0.3) is 11.1 Å². The van der Waals surface area contributed by atoms with E-state index >= 15 is 0 Å². The van der Waals surface area contributed by atoms with Gasteiger partial charge >= 0.3 is 0 Å². The first-order valence-corrected chi connectivity index (χ1v) is 8.44. The molecule has 3 aromatic carbocycles. The maximum absolute atomic E-state index is 11.8. The number of carbonyl (C=O) groups excluding carboxylic acids is 1. The predicted molar refractivity (Wildman–Crippen MR) is 105 cm³/mol. The monoisotopic (exact) mass is 364 g/mol. The topological polar surface area (TPSA) is 50.7 Å². The summed E-state index contributed by atoms with van der Waals surface area (Å²) in [6.07, 6.45) is 1.54. The molecule has 3 aromatic rings. The van der Waals surface area contributed by atoms with E-state index in [0.717, 1.165) is 16.7 Å². The number of nitrogens with one attached hydrogen (secondary N) is 1. The first kappa shape index (κ1) is 17.7. The van der Waals surface area contributed by atoms with E-state index in [9.17, 15) is 4.79 Å². The van der Waals surface area contributed by atoms with Crippen molar-refractivity contribution in [2.75, 3.05) is 6.61 Å². The molecule has 0 saturated carbocycles. The standard InChI is InChI=1S/C21H17ClN2O2/c22-19-10-6-16(7-11-19)14-23-24-21(25)15-26-20-12-8-18(9-13-20)17-4-2-1-3-5-17/h1-14H,15H2,(H,24,25)/b23-14+. The first-order valence-electron chi connectivity index (χ1n) is 8.06. The van der Waals surface area contributed by atoms with Crippen LogP contribution in [0.5, 0.6) is 5.75 Å². The maximum Gasteiger partial charge on any atom is 0.277 e. The second-order valence-electron chi connectivity index (χ2n) is 5.52. The number of nitrogens with zero attached hydrogens (tertiary/aromatic N) is 1. The molecule has 130 valence electrons. The largest absolute Gasteiger partial charge is 0.484 e. The number of halogens is 1. The lowest BCUT2D eigenvalue weighted by molar-refractivity contribution is -0.123. The highest BCUT2D eigenvalue weighted by Gasteiger charge is 2.02. The van der Waals surface area contributed by atoms with Crippen molar-refractivity contribution in [1.29, 1.82) is 0 Å². The third-order valence-electron chi connectivity index (χ3n) is 3.60. The van der Waals surface area contributed by atoms with E-state index in [1.54, 1.807) is 18.3 Å². The molecule has 0 unspecified atom stereocenters. The number of rotatable bonds is 6. The molecule has 0 fully saturated rings. The van der Waals surface area contributed by atoms with Crippen molar-refractivity contribution in [2.24, 2.45) is 5.10 Å². The molecule has 1 amide bonds. The first-order chi connectivity index (χ1) is 12.7. The smallest absolute Gasteiger partial charge is 0.277 e. The zero-order valence-electron chi connectivity index (χ0n) is 13.9. The number of hydrogen-bond acceptors (Lipinski definition) is 3. The summed E-state index contributed by atoms with van der Waals surface area (Å²) in [7, 11) is 0. The van der Waals surface area contributed by atoms with Crippen LogP contribution < -0.4 is 10.2 Å². The van der Waals surface area contributed by atoms with Gasteiger partial charge in [0.2, 0.25) is 0 Å². The average Bonchev–Trinajstić information content (AvgIpc) is 2.69. The molecule has 4 nitrogen and oxygen atoms in total. The maximum atomic E-state index is 11.8. The van der Waals surface area contributed by atoms with Gasteiger partial charge in [-0.1, -0.05) is 66.2 Å². The molecule has 0 saturated heterocycles. The Morgan fingerprint density at radius 2 is 1.58 bits per heavy atom. The Hall–Kier alpha value is -3.11. The molecule has 0 aliphatic heterocycles. The van der Waals surface area contributed by atoms with Crippen molar-refractivity contribution in [1.82, 2.24) is 5.43 Å². The van der Waals surface area contributed by atoms with Crippen LogP contribution >= 0.6 is 11.6 Å². The lowest BCUT2D eigenvalue weighted by Crippen LogP contribution is -2.24. The second kappa shape index (κ2) is 8.83. The van der Waals surface area contributed by atoms with Crippen LogP contribution in [-0.4, -0.2) is 18.7 Å². The normalized spacial score (nSPS) is 10.7. The molecule has 1 N–H and O–H groups in total. The number of benzene rings is 3. The van der Waals surface area contributed by atoms with Crippen molar-refractivity contribution in [3.05, 3.63) is 89.4 Å². The summed E-state index contributed by atoms with van der Waals surface area (Å²) in [4.78, 5) is 11.8. The Balaban J connectivity index is 1.47. The van der Waals surface area contributed by atoms with Crippen molar-refractivity contribution in [2.45, 2.75) is 0 Å². The minimum Gasteiger partial charge on any atom is -0.484 e. The van der Waals surface area contributed by atoms with Crippen molar-refractivity contribution in [3.63, 3.8) is 0 Å². The van der Waals surface area contributed by atoms with Crippen molar-refractivity contribution < 1.29 is 9.53 Å². The number of hydrogen-bond donors (Lipinski definition) is 1. The van der Waals surface area contributed by atoms with Crippen LogP contribution in [0.2, 0.25) is 5.02 Å². The SMILES string of the molecule is O=C(COc1ccc(-c2ccccc2)cc1)N/N=C/c1ccc(Cl)cc1. The van der Waals surface area contributed by atoms with Gasteiger partial charge in [0, 0.05) is 5.02 Å². The fourth-order valence-corrected chi connectivity index (χ4v) is 2.41. The molecular weight excluding hydrogens is 348 g/mol. The van der Waals surface area contributed by atoms with Gasteiger partial charge in [0.1, 0.15) is 5.75 Å². The Labute approximate surface area is 157 Å². The molecule has 3 rings (SSSR count). The van der Waals surface area contributed by atoms with Crippen LogP contribution in [0.4, 0.5) is 0 Å². The van der Waals surface area contributed by atoms with Crippen LogP contribution in [0.15, 0.2) is 84.0 Å². The van der Waals surface area contributed by atoms with Crippen LogP contribution in [-0.2, 0) is 4.79 Å². The molecule has 0 aliphatic rings. The molecule has 0 aromatic heterocycles. The summed E-state index contributed by atoms with van der Waals surface area (Å²) < 4.78 is 5.47. The minimum atomic E-state index is -0.331. The molecular formula is C21H17ClN2O2. The highest BCUT2D eigenvalue weighted by Crippen LogP contribution is 2.21. The highest BCUT2D eigenvalue weighted by molar-refractivity contribution is 6.30. The molecule has 0 atom stereocenters. The van der Waals surface area contributed by atoms with E-state index in [-0.39, 0.29) is 12.5 Å². The molecule has 0 radical (unpaired) electrons. The summed E-state index contributed by atoms with van der Waals surface area (Å²) in [5, 5.41) is 4.54. The van der Waals surface area contributed by atoms with Crippen molar-refractivity contribution >= 4 is 23.7 Å². The Morgan fingerprint density at radius 3 is 2.27 bits per heavy atom. The summed E-state index contributed by atoms with van der Waals surface area (Å²) >= 11 is 5.81. The minimum absolute atomic E-state index is 0.108. The van der Waals surface area contributed by atoms with Crippen molar-refractivity contribution in [3.8, 4) is 16.9 Å². The summed E-state index contributed by atoms with van der Waals surface area (Å²) in [5.41, 5.74) is 5.49.